The molecule has 9 heteroatoms. The van der Waals surface area contributed by atoms with Gasteiger partial charge in [0.25, 0.3) is 11.8 Å². The molecule has 3 amide bonds. The highest BCUT2D eigenvalue weighted by Gasteiger charge is 2.55. The second kappa shape index (κ2) is 7.29. The van der Waals surface area contributed by atoms with Crippen LogP contribution < -0.4 is 10.2 Å². The lowest BCUT2D eigenvalue weighted by Crippen LogP contribution is -2.43. The van der Waals surface area contributed by atoms with Crippen molar-refractivity contribution in [1.82, 2.24) is 5.01 Å². The van der Waals surface area contributed by atoms with Crippen LogP contribution in [0.4, 0.5) is 11.4 Å². The first kappa shape index (κ1) is 19.1. The predicted octanol–water partition coefficient (Wildman–Crippen LogP) is 2.89. The van der Waals surface area contributed by atoms with Crippen molar-refractivity contribution < 1.29 is 14.4 Å². The Hall–Kier alpha value is -3.26. The normalized spacial score (nSPS) is 20.4. The number of fused-ring (bicyclic) bond motifs is 1. The molecule has 0 bridgehead atoms. The lowest BCUT2D eigenvalue weighted by molar-refractivity contribution is -0.123. The molecule has 29 heavy (non-hydrogen) atoms. The summed E-state index contributed by atoms with van der Waals surface area (Å²) in [5, 5.41) is 12.4. The van der Waals surface area contributed by atoms with Gasteiger partial charge >= 0.3 is 0 Å². The summed E-state index contributed by atoms with van der Waals surface area (Å²) in [6, 6.07) is 10.4. The van der Waals surface area contributed by atoms with Crippen molar-refractivity contribution in [3.05, 3.63) is 58.6 Å². The van der Waals surface area contributed by atoms with Crippen LogP contribution in [0.15, 0.2) is 52.8 Å². The Kier molecular flexibility index (Phi) is 4.79. The van der Waals surface area contributed by atoms with Gasteiger partial charge in [-0.1, -0.05) is 40.6 Å². The molecule has 2 aromatic rings. The number of halogens is 1. The van der Waals surface area contributed by atoms with Crippen molar-refractivity contribution in [1.29, 1.82) is 0 Å². The molecule has 2 atom stereocenters. The highest BCUT2D eigenvalue weighted by molar-refractivity contribution is 6.31. The maximum absolute atomic E-state index is 12.9. The average Bonchev–Trinajstić information content (AvgIpc) is 3.20. The van der Waals surface area contributed by atoms with Crippen LogP contribution >= 0.6 is 11.6 Å². The van der Waals surface area contributed by atoms with E-state index < -0.39 is 23.9 Å². The minimum absolute atomic E-state index is 0.211. The van der Waals surface area contributed by atoms with E-state index in [1.807, 2.05) is 19.1 Å². The van der Waals surface area contributed by atoms with Crippen LogP contribution in [0.2, 0.25) is 5.02 Å². The van der Waals surface area contributed by atoms with Gasteiger partial charge in [-0.05, 0) is 43.7 Å². The van der Waals surface area contributed by atoms with Crippen molar-refractivity contribution in [2.24, 2.45) is 10.3 Å². The van der Waals surface area contributed by atoms with E-state index in [2.05, 4.69) is 15.7 Å². The van der Waals surface area contributed by atoms with E-state index >= 15 is 0 Å². The zero-order valence-electron chi connectivity index (χ0n) is 15.8. The zero-order valence-corrected chi connectivity index (χ0v) is 16.6. The summed E-state index contributed by atoms with van der Waals surface area (Å²) in [6.45, 7) is 3.50. The van der Waals surface area contributed by atoms with Crippen molar-refractivity contribution in [3.8, 4) is 0 Å². The van der Waals surface area contributed by atoms with E-state index in [1.165, 1.54) is 5.01 Å². The molecule has 1 fully saturated rings. The number of hydrogen-bond donors (Lipinski definition) is 1. The van der Waals surface area contributed by atoms with E-state index in [-0.39, 0.29) is 12.5 Å². The van der Waals surface area contributed by atoms with Crippen LogP contribution in [0, 0.1) is 13.8 Å². The molecule has 2 heterocycles. The fraction of sp³-hybridized carbons (Fsp3) is 0.250. The molecule has 2 aliphatic heterocycles. The predicted molar refractivity (Wildman–Crippen MR) is 108 cm³/mol. The van der Waals surface area contributed by atoms with Crippen LogP contribution in [-0.4, -0.2) is 41.4 Å². The SMILES string of the molecule is Cc1ccc(N2C(=O)[C@@H]3N=NN(CC(=O)Nc4cccc(Cl)c4C)[C@H]3C2=O)cc1. The van der Waals surface area contributed by atoms with E-state index in [0.717, 1.165) is 16.0 Å². The number of aryl methyl sites for hydroxylation is 1. The number of carbonyl (C=O) groups is 3. The molecule has 0 radical (unpaired) electrons. The van der Waals surface area contributed by atoms with Gasteiger partial charge in [0.1, 0.15) is 6.54 Å². The second-order valence-corrected chi connectivity index (χ2v) is 7.41. The Morgan fingerprint density at radius 3 is 2.55 bits per heavy atom. The number of amides is 3. The average molecular weight is 412 g/mol. The van der Waals surface area contributed by atoms with Crippen LogP contribution in [-0.2, 0) is 14.4 Å². The summed E-state index contributed by atoms with van der Waals surface area (Å²) in [6.07, 6.45) is 0. The van der Waals surface area contributed by atoms with Crippen molar-refractivity contribution in [2.45, 2.75) is 25.9 Å². The maximum Gasteiger partial charge on any atom is 0.263 e. The zero-order chi connectivity index (χ0) is 20.7. The molecule has 0 saturated carbocycles. The van der Waals surface area contributed by atoms with Gasteiger partial charge in [-0.2, -0.15) is 5.11 Å². The number of anilines is 2. The number of hydrogen-bond acceptors (Lipinski definition) is 6. The molecule has 0 aromatic heterocycles. The summed E-state index contributed by atoms with van der Waals surface area (Å²) in [5.74, 6) is -1.27. The van der Waals surface area contributed by atoms with Gasteiger partial charge in [-0.25, -0.2) is 4.90 Å². The van der Waals surface area contributed by atoms with Crippen LogP contribution in [0.3, 0.4) is 0 Å². The fourth-order valence-corrected chi connectivity index (χ4v) is 3.56. The lowest BCUT2D eigenvalue weighted by Gasteiger charge is -2.20. The minimum Gasteiger partial charge on any atom is -0.324 e. The molecule has 148 valence electrons. The smallest absolute Gasteiger partial charge is 0.263 e. The van der Waals surface area contributed by atoms with Crippen LogP contribution in [0.1, 0.15) is 11.1 Å². The monoisotopic (exact) mass is 411 g/mol. The first-order chi connectivity index (χ1) is 13.9. The number of nitrogens with zero attached hydrogens (tertiary/aromatic N) is 4. The first-order valence-corrected chi connectivity index (χ1v) is 9.41. The third kappa shape index (κ3) is 3.36. The summed E-state index contributed by atoms with van der Waals surface area (Å²) in [4.78, 5) is 39.2. The summed E-state index contributed by atoms with van der Waals surface area (Å²) in [7, 11) is 0. The van der Waals surface area contributed by atoms with Gasteiger partial charge in [0, 0.05) is 10.7 Å². The largest absolute Gasteiger partial charge is 0.324 e. The fourth-order valence-electron chi connectivity index (χ4n) is 3.38. The molecule has 1 N–H and O–H groups in total. The van der Waals surface area contributed by atoms with Gasteiger partial charge in [0.15, 0.2) is 12.1 Å². The Labute approximate surface area is 172 Å². The Morgan fingerprint density at radius 2 is 1.83 bits per heavy atom. The molecule has 0 unspecified atom stereocenters. The molecule has 0 spiro atoms. The van der Waals surface area contributed by atoms with Gasteiger partial charge in [-0.3, -0.25) is 19.4 Å². The Balaban J connectivity index is 1.49. The molecule has 8 nitrogen and oxygen atoms in total. The minimum atomic E-state index is -0.940. The van der Waals surface area contributed by atoms with Crippen LogP contribution in [0.25, 0.3) is 0 Å². The summed E-state index contributed by atoms with van der Waals surface area (Å²) < 4.78 is 0. The first-order valence-electron chi connectivity index (χ1n) is 9.03. The summed E-state index contributed by atoms with van der Waals surface area (Å²) >= 11 is 6.08. The number of rotatable bonds is 4. The Bertz CT molecular complexity index is 1040. The molecule has 4 rings (SSSR count). The highest BCUT2D eigenvalue weighted by atomic mass is 35.5. The molecule has 0 aliphatic carbocycles. The van der Waals surface area contributed by atoms with E-state index in [4.69, 9.17) is 11.6 Å². The van der Waals surface area contributed by atoms with Crippen molar-refractivity contribution in [3.63, 3.8) is 0 Å². The van der Waals surface area contributed by atoms with E-state index in [1.54, 1.807) is 37.3 Å². The quantitative estimate of drug-likeness (QED) is 0.782. The summed E-state index contributed by atoms with van der Waals surface area (Å²) in [5.41, 5.74) is 2.81. The van der Waals surface area contributed by atoms with Gasteiger partial charge in [0.05, 0.1) is 5.69 Å². The topological polar surface area (TPSA) is 94.4 Å². The van der Waals surface area contributed by atoms with E-state index in [9.17, 15) is 14.4 Å². The third-order valence-electron chi connectivity index (χ3n) is 5.00. The highest BCUT2D eigenvalue weighted by Crippen LogP contribution is 2.32. The number of carbonyl (C=O) groups excluding carboxylic acids is 3. The van der Waals surface area contributed by atoms with E-state index in [0.29, 0.717) is 16.4 Å². The van der Waals surface area contributed by atoms with Crippen molar-refractivity contribution >= 4 is 40.7 Å². The van der Waals surface area contributed by atoms with Gasteiger partial charge in [-0.15, -0.1) is 0 Å². The number of benzene rings is 2. The lowest BCUT2D eigenvalue weighted by atomic mass is 10.1. The molecular weight excluding hydrogens is 394 g/mol. The number of nitrogens with one attached hydrogen (secondary N) is 1. The molecule has 2 aromatic carbocycles. The molecule has 2 aliphatic rings. The molecular formula is C20H18ClN5O3. The maximum atomic E-state index is 12.9. The Morgan fingerprint density at radius 1 is 1.10 bits per heavy atom. The molecule has 1 saturated heterocycles. The van der Waals surface area contributed by atoms with Gasteiger partial charge in [0.2, 0.25) is 5.91 Å². The van der Waals surface area contributed by atoms with Gasteiger partial charge < -0.3 is 5.32 Å². The standard InChI is InChI=1S/C20H18ClN5O3/c1-11-6-8-13(9-7-11)26-19(28)17-18(20(26)29)25(24-23-17)10-16(27)22-15-5-3-4-14(21)12(15)2/h3-9,17-18H,10H2,1-2H3,(H,22,27)/t17-,18-/m1/s1. The second-order valence-electron chi connectivity index (χ2n) is 7.00. The van der Waals surface area contributed by atoms with Crippen molar-refractivity contribution in [2.75, 3.05) is 16.8 Å². The third-order valence-corrected chi connectivity index (χ3v) is 5.41. The van der Waals surface area contributed by atoms with Crippen LogP contribution in [0.5, 0.6) is 0 Å². The number of imide groups is 1.